The lowest BCUT2D eigenvalue weighted by Crippen LogP contribution is -2.25. The molecule has 19 heavy (non-hydrogen) atoms. The Morgan fingerprint density at radius 2 is 2.26 bits per heavy atom. The Bertz CT molecular complexity index is 552. The number of ether oxygens (including phenoxy) is 1. The number of amides is 1. The van der Waals surface area contributed by atoms with Crippen molar-refractivity contribution in [2.45, 2.75) is 11.7 Å². The Labute approximate surface area is 123 Å². The molecule has 0 spiro atoms. The summed E-state index contributed by atoms with van der Waals surface area (Å²) in [4.78, 5) is 23.8. The summed E-state index contributed by atoms with van der Waals surface area (Å²) in [5.41, 5.74) is 0.107. The molecule has 6 nitrogen and oxygen atoms in total. The normalized spacial score (nSPS) is 18.8. The number of nitro benzene ring substituents is 1. The smallest absolute Gasteiger partial charge is 0.294 e. The van der Waals surface area contributed by atoms with Gasteiger partial charge in [-0.05, 0) is 15.9 Å². The maximum atomic E-state index is 11.8. The van der Waals surface area contributed by atoms with E-state index in [1.54, 1.807) is 0 Å². The van der Waals surface area contributed by atoms with E-state index in [0.29, 0.717) is 16.8 Å². The van der Waals surface area contributed by atoms with E-state index in [1.807, 2.05) is 0 Å². The van der Waals surface area contributed by atoms with E-state index >= 15 is 0 Å². The molecule has 2 rings (SSSR count). The average molecular weight is 347 g/mol. The first-order chi connectivity index (χ1) is 8.93. The number of thiol groups is 1. The Balaban J connectivity index is 2.54. The second-order valence-corrected chi connectivity index (χ2v) is 5.68. The van der Waals surface area contributed by atoms with Gasteiger partial charge in [-0.25, -0.2) is 0 Å². The molecule has 1 atom stereocenters. The van der Waals surface area contributed by atoms with Gasteiger partial charge in [-0.3, -0.25) is 14.9 Å². The van der Waals surface area contributed by atoms with Gasteiger partial charge in [-0.2, -0.15) is 12.6 Å². The first-order valence-corrected chi connectivity index (χ1v) is 6.75. The molecule has 0 aliphatic carbocycles. The van der Waals surface area contributed by atoms with E-state index in [1.165, 1.54) is 24.1 Å². The van der Waals surface area contributed by atoms with Crippen LogP contribution in [0.2, 0.25) is 0 Å². The van der Waals surface area contributed by atoms with Crippen molar-refractivity contribution < 1.29 is 14.5 Å². The van der Waals surface area contributed by atoms with Crippen LogP contribution in [-0.4, -0.2) is 29.7 Å². The molecule has 0 N–H and O–H groups in total. The molecule has 8 heteroatoms. The third-order valence-electron chi connectivity index (χ3n) is 2.84. The predicted molar refractivity (Wildman–Crippen MR) is 77.1 cm³/mol. The van der Waals surface area contributed by atoms with Crippen LogP contribution in [0.3, 0.4) is 0 Å². The molecule has 1 saturated heterocycles. The van der Waals surface area contributed by atoms with Crippen molar-refractivity contribution >= 4 is 45.8 Å². The summed E-state index contributed by atoms with van der Waals surface area (Å²) in [6.45, 7) is 0.355. The van der Waals surface area contributed by atoms with Gasteiger partial charge in [-0.1, -0.05) is 0 Å². The predicted octanol–water partition coefficient (Wildman–Crippen LogP) is 2.40. The summed E-state index contributed by atoms with van der Waals surface area (Å²) in [6.07, 6.45) is 0.276. The lowest BCUT2D eigenvalue weighted by Gasteiger charge is -2.17. The minimum Gasteiger partial charge on any atom is -0.495 e. The summed E-state index contributed by atoms with van der Waals surface area (Å²) >= 11 is 7.44. The largest absolute Gasteiger partial charge is 0.495 e. The molecule has 0 bridgehead atoms. The minimum atomic E-state index is -0.515. The molecule has 1 unspecified atom stereocenters. The van der Waals surface area contributed by atoms with Gasteiger partial charge in [0.05, 0.1) is 16.5 Å². The number of halogens is 1. The summed E-state index contributed by atoms with van der Waals surface area (Å²) in [7, 11) is 1.46. The van der Waals surface area contributed by atoms with Crippen molar-refractivity contribution in [1.82, 2.24) is 0 Å². The number of rotatable bonds is 3. The van der Waals surface area contributed by atoms with Crippen molar-refractivity contribution in [2.75, 3.05) is 18.6 Å². The van der Waals surface area contributed by atoms with Crippen LogP contribution in [-0.2, 0) is 4.79 Å². The monoisotopic (exact) mass is 346 g/mol. The summed E-state index contributed by atoms with van der Waals surface area (Å²) in [5, 5.41) is 11.0. The molecule has 1 aliphatic rings. The van der Waals surface area contributed by atoms with Gasteiger partial charge in [0.15, 0.2) is 0 Å². The molecule has 1 fully saturated rings. The van der Waals surface area contributed by atoms with Gasteiger partial charge in [0.2, 0.25) is 5.91 Å². The molecule has 1 aliphatic heterocycles. The number of carbonyl (C=O) groups is 1. The number of hydrogen-bond donors (Lipinski definition) is 1. The van der Waals surface area contributed by atoms with Crippen molar-refractivity contribution in [3.8, 4) is 5.75 Å². The Morgan fingerprint density at radius 1 is 1.58 bits per heavy atom. The van der Waals surface area contributed by atoms with Crippen LogP contribution in [0, 0.1) is 10.1 Å². The fraction of sp³-hybridized carbons (Fsp3) is 0.364. The number of nitrogens with zero attached hydrogens (tertiary/aromatic N) is 2. The topological polar surface area (TPSA) is 72.7 Å². The Kier molecular flexibility index (Phi) is 4.00. The standard InChI is InChI=1S/C11H11BrN2O4S/c1-18-10-4-8(9(14(16)17)3-7(10)12)13-5-6(19)2-11(13)15/h3-4,6,19H,2,5H2,1H3. The van der Waals surface area contributed by atoms with Crippen molar-refractivity contribution in [1.29, 1.82) is 0 Å². The molecule has 1 aromatic rings. The second kappa shape index (κ2) is 5.38. The first kappa shape index (κ1) is 14.1. The van der Waals surface area contributed by atoms with E-state index in [0.717, 1.165) is 0 Å². The minimum absolute atomic E-state index is 0.109. The fourth-order valence-electron chi connectivity index (χ4n) is 1.97. The van der Waals surface area contributed by atoms with Crippen LogP contribution in [0.25, 0.3) is 0 Å². The maximum Gasteiger partial charge on any atom is 0.294 e. The summed E-state index contributed by atoms with van der Waals surface area (Å²) in [5.74, 6) is 0.267. The van der Waals surface area contributed by atoms with E-state index < -0.39 is 4.92 Å². The molecular formula is C11H11BrN2O4S. The zero-order chi connectivity index (χ0) is 14.2. The highest BCUT2D eigenvalue weighted by atomic mass is 79.9. The van der Waals surface area contributed by atoms with Crippen molar-refractivity contribution in [2.24, 2.45) is 0 Å². The lowest BCUT2D eigenvalue weighted by atomic mass is 10.2. The van der Waals surface area contributed by atoms with Gasteiger partial charge in [-0.15, -0.1) is 0 Å². The SMILES string of the molecule is COc1cc(N2CC(S)CC2=O)c([N+](=O)[O-])cc1Br. The number of nitro groups is 1. The zero-order valence-electron chi connectivity index (χ0n) is 10.00. The molecule has 0 radical (unpaired) electrons. The van der Waals surface area contributed by atoms with Crippen LogP contribution in [0.5, 0.6) is 5.75 Å². The summed E-state index contributed by atoms with van der Waals surface area (Å²) < 4.78 is 5.59. The zero-order valence-corrected chi connectivity index (χ0v) is 12.5. The highest BCUT2D eigenvalue weighted by Crippen LogP contribution is 2.39. The average Bonchev–Trinajstić information content (AvgIpc) is 2.68. The van der Waals surface area contributed by atoms with Gasteiger partial charge in [0.1, 0.15) is 11.4 Å². The Morgan fingerprint density at radius 3 is 2.74 bits per heavy atom. The Hall–Kier alpha value is -1.28. The van der Waals surface area contributed by atoms with E-state index in [-0.39, 0.29) is 29.0 Å². The van der Waals surface area contributed by atoms with E-state index in [4.69, 9.17) is 4.74 Å². The third-order valence-corrected chi connectivity index (χ3v) is 3.81. The molecule has 0 saturated carbocycles. The quantitative estimate of drug-likeness (QED) is 0.518. The number of carbonyl (C=O) groups excluding carboxylic acids is 1. The van der Waals surface area contributed by atoms with Crippen LogP contribution < -0.4 is 9.64 Å². The molecule has 1 amide bonds. The molecular weight excluding hydrogens is 336 g/mol. The van der Waals surface area contributed by atoms with Crippen LogP contribution in [0.4, 0.5) is 11.4 Å². The van der Waals surface area contributed by atoms with Crippen molar-refractivity contribution in [3.63, 3.8) is 0 Å². The fourth-order valence-corrected chi connectivity index (χ4v) is 2.79. The highest BCUT2D eigenvalue weighted by Gasteiger charge is 2.33. The lowest BCUT2D eigenvalue weighted by molar-refractivity contribution is -0.384. The number of methoxy groups -OCH3 is 1. The van der Waals surface area contributed by atoms with Crippen LogP contribution in [0.15, 0.2) is 16.6 Å². The number of hydrogen-bond acceptors (Lipinski definition) is 5. The van der Waals surface area contributed by atoms with Crippen LogP contribution >= 0.6 is 28.6 Å². The van der Waals surface area contributed by atoms with Gasteiger partial charge in [0, 0.05) is 30.3 Å². The highest BCUT2D eigenvalue weighted by molar-refractivity contribution is 9.10. The van der Waals surface area contributed by atoms with Crippen LogP contribution in [0.1, 0.15) is 6.42 Å². The molecule has 1 aromatic carbocycles. The maximum absolute atomic E-state index is 11.8. The molecule has 1 heterocycles. The second-order valence-electron chi connectivity index (χ2n) is 4.09. The first-order valence-electron chi connectivity index (χ1n) is 5.44. The van der Waals surface area contributed by atoms with Gasteiger partial charge in [0.25, 0.3) is 5.69 Å². The van der Waals surface area contributed by atoms with Gasteiger partial charge < -0.3 is 9.64 Å². The third kappa shape index (κ3) is 2.69. The number of anilines is 1. The van der Waals surface area contributed by atoms with E-state index in [9.17, 15) is 14.9 Å². The van der Waals surface area contributed by atoms with Crippen molar-refractivity contribution in [3.05, 3.63) is 26.7 Å². The number of benzene rings is 1. The van der Waals surface area contributed by atoms with Gasteiger partial charge >= 0.3 is 0 Å². The molecule has 102 valence electrons. The van der Waals surface area contributed by atoms with E-state index in [2.05, 4.69) is 28.6 Å². The summed E-state index contributed by atoms with van der Waals surface area (Å²) in [6, 6.07) is 2.83. The molecule has 0 aromatic heterocycles.